The molecule has 0 bridgehead atoms. The highest BCUT2D eigenvalue weighted by Gasteiger charge is 2.63. The molecule has 4 saturated carbocycles. The van der Waals surface area contributed by atoms with Crippen LogP contribution in [0.4, 0.5) is 0 Å². The zero-order valence-electron chi connectivity index (χ0n) is 24.8. The lowest BCUT2D eigenvalue weighted by molar-refractivity contribution is -0.187. The molecule has 4 aliphatic rings. The number of amides is 1. The largest absolute Gasteiger partial charge is 0.461 e. The van der Waals surface area contributed by atoms with E-state index in [2.05, 4.69) is 39.6 Å². The lowest BCUT2D eigenvalue weighted by Crippen LogP contribution is -2.58. The first-order valence-corrected chi connectivity index (χ1v) is 16.8. The van der Waals surface area contributed by atoms with E-state index in [9.17, 15) is 9.59 Å². The van der Waals surface area contributed by atoms with Gasteiger partial charge in [-0.3, -0.25) is 9.59 Å². The monoisotopic (exact) mass is 588 g/mol. The van der Waals surface area contributed by atoms with Crippen molar-refractivity contribution in [3.8, 4) is 0 Å². The molecule has 3 N–H and O–H groups in total. The molecule has 0 spiro atoms. The zero-order valence-corrected chi connectivity index (χ0v) is 26.4. The van der Waals surface area contributed by atoms with Gasteiger partial charge >= 0.3 is 5.97 Å². The maximum Gasteiger partial charge on any atom is 0.319 e. The Labute approximate surface area is 250 Å². The Morgan fingerprint density at radius 3 is 2.62 bits per heavy atom. The summed E-state index contributed by atoms with van der Waals surface area (Å²) in [7, 11) is 0. The van der Waals surface area contributed by atoms with Crippen molar-refractivity contribution in [2.45, 2.75) is 104 Å². The summed E-state index contributed by atoms with van der Waals surface area (Å²) in [5.74, 6) is 2.63. The fourth-order valence-electron chi connectivity index (χ4n) is 9.99. The van der Waals surface area contributed by atoms with E-state index in [-0.39, 0.29) is 41.4 Å². The lowest BCUT2D eigenvalue weighted by atomic mass is 9.43. The molecule has 6 unspecified atom stereocenters. The number of hydrogen-bond acceptors (Lipinski definition) is 5. The quantitative estimate of drug-likeness (QED) is 0.241. The molecule has 5 rings (SSSR count). The third-order valence-corrected chi connectivity index (χ3v) is 13.4. The van der Waals surface area contributed by atoms with Crippen LogP contribution in [0.15, 0.2) is 24.3 Å². The van der Waals surface area contributed by atoms with Gasteiger partial charge in [0.2, 0.25) is 5.91 Å². The number of esters is 1. The number of rotatable bonds is 8. The van der Waals surface area contributed by atoms with Gasteiger partial charge in [0.05, 0.1) is 16.9 Å². The topological polar surface area (TPSA) is 81.4 Å². The highest BCUT2D eigenvalue weighted by molar-refractivity contribution is 7.16. The van der Waals surface area contributed by atoms with Crippen LogP contribution in [0.5, 0.6) is 0 Å². The summed E-state index contributed by atoms with van der Waals surface area (Å²) in [6.45, 7) is 13.7. The predicted octanol–water partition coefficient (Wildman–Crippen LogP) is 7.69. The minimum atomic E-state index is -0.272. The number of halogens is 1. The molecule has 0 radical (unpaired) electrons. The molecule has 4 fully saturated rings. The molecule has 222 valence electrons. The average Bonchev–Trinajstić information content (AvgIpc) is 3.50. The van der Waals surface area contributed by atoms with Gasteiger partial charge in [0.25, 0.3) is 0 Å². The molecule has 1 amide bonds. The van der Waals surface area contributed by atoms with E-state index in [4.69, 9.17) is 22.1 Å². The summed E-state index contributed by atoms with van der Waals surface area (Å²) < 4.78 is 6.94. The Morgan fingerprint density at radius 1 is 1.20 bits per heavy atom. The summed E-state index contributed by atoms with van der Waals surface area (Å²) in [6, 6.07) is 3.95. The van der Waals surface area contributed by atoms with Gasteiger partial charge in [-0.1, -0.05) is 51.4 Å². The van der Waals surface area contributed by atoms with Gasteiger partial charge in [-0.25, -0.2) is 0 Å². The van der Waals surface area contributed by atoms with Crippen LogP contribution < -0.4 is 11.1 Å². The number of hydrogen-bond donors (Lipinski definition) is 2. The molecular formula is C33H49ClN2O3S. The van der Waals surface area contributed by atoms with Gasteiger partial charge in [-0.2, -0.15) is 0 Å². The first-order valence-electron chi connectivity index (χ1n) is 15.6. The Bertz CT molecular complexity index is 1120. The second kappa shape index (κ2) is 11.7. The van der Waals surface area contributed by atoms with Crippen molar-refractivity contribution in [1.82, 2.24) is 5.32 Å². The van der Waals surface area contributed by atoms with Crippen LogP contribution >= 0.6 is 22.9 Å². The van der Waals surface area contributed by atoms with Crippen LogP contribution in [0, 0.1) is 46.3 Å². The number of thiophene rings is 1. The number of carbonyl (C=O) groups excluding carboxylic acids is 2. The maximum absolute atomic E-state index is 13.3. The van der Waals surface area contributed by atoms with E-state index in [1.165, 1.54) is 24.8 Å². The number of nitrogens with one attached hydrogen (secondary N) is 1. The molecule has 4 aliphatic carbocycles. The van der Waals surface area contributed by atoms with Crippen LogP contribution in [0.2, 0.25) is 4.34 Å². The van der Waals surface area contributed by atoms with E-state index in [1.807, 2.05) is 12.1 Å². The fraction of sp³-hybridized carbons (Fsp3) is 0.758. The number of carbonyl (C=O) groups is 2. The predicted molar refractivity (Wildman–Crippen MR) is 163 cm³/mol. The highest BCUT2D eigenvalue weighted by atomic mass is 35.5. The maximum atomic E-state index is 13.3. The van der Waals surface area contributed by atoms with Crippen molar-refractivity contribution in [3.05, 3.63) is 33.5 Å². The minimum absolute atomic E-state index is 0.0139. The van der Waals surface area contributed by atoms with Gasteiger partial charge in [-0.15, -0.1) is 11.3 Å². The fourth-order valence-corrected chi connectivity index (χ4v) is 11.2. The van der Waals surface area contributed by atoms with E-state index in [0.717, 1.165) is 47.7 Å². The standard InChI is InChI=1S/C33H49ClN2O3S/c1-6-25(27-9-10-28(34)40-27)36-29(37)16-20(3)22-7-8-23-31-24(12-14-33(22,23)5)32(4)13-11-19(2)15-21(32)17-26(31)39-30(38)18-35/h9-10,20-26,31H,2,6-8,11-18,35H2,1,3-5H3,(H,36,37)/t20-,21?,22?,23+,24+,25?,26-,31?,32?,33?/m1/s1. The second-order valence-corrected chi connectivity index (χ2v) is 15.7. The molecule has 1 heterocycles. The van der Waals surface area contributed by atoms with E-state index in [1.54, 1.807) is 11.3 Å². The highest BCUT2D eigenvalue weighted by Crippen LogP contribution is 2.69. The number of ether oxygens (including phenoxy) is 1. The molecule has 10 atom stereocenters. The lowest BCUT2D eigenvalue weighted by Gasteiger charge is -2.62. The van der Waals surface area contributed by atoms with Gasteiger partial charge in [0.15, 0.2) is 0 Å². The molecule has 0 aromatic carbocycles. The van der Waals surface area contributed by atoms with Crippen molar-refractivity contribution in [2.75, 3.05) is 6.54 Å². The Balaban J connectivity index is 1.33. The van der Waals surface area contributed by atoms with Crippen LogP contribution in [0.3, 0.4) is 0 Å². The van der Waals surface area contributed by atoms with E-state index >= 15 is 0 Å². The normalized spacial score (nSPS) is 38.5. The molecule has 1 aromatic rings. The van der Waals surface area contributed by atoms with Gasteiger partial charge in [0, 0.05) is 17.2 Å². The summed E-state index contributed by atoms with van der Waals surface area (Å²) >= 11 is 7.71. The Morgan fingerprint density at radius 2 is 1.95 bits per heavy atom. The van der Waals surface area contributed by atoms with Crippen LogP contribution in [0.25, 0.3) is 0 Å². The molecule has 5 nitrogen and oxygen atoms in total. The number of allylic oxidation sites excluding steroid dienone is 1. The molecule has 7 heteroatoms. The first-order chi connectivity index (χ1) is 19.0. The van der Waals surface area contributed by atoms with Crippen molar-refractivity contribution >= 4 is 34.8 Å². The summed E-state index contributed by atoms with van der Waals surface area (Å²) in [4.78, 5) is 26.9. The van der Waals surface area contributed by atoms with Crippen molar-refractivity contribution in [2.24, 2.45) is 52.1 Å². The van der Waals surface area contributed by atoms with Crippen LogP contribution in [-0.4, -0.2) is 24.5 Å². The summed E-state index contributed by atoms with van der Waals surface area (Å²) in [6.07, 6.45) is 10.3. The molecule has 0 aliphatic heterocycles. The average molecular weight is 589 g/mol. The van der Waals surface area contributed by atoms with E-state index < -0.39 is 0 Å². The SMILES string of the molecule is C=C1CCC2(C)C(C1)C[C@@H](OC(=O)CN)C1[C@@H]2CCC2(C)C([C@H](C)CC(=O)NC(CC)c3ccc(Cl)s3)CC[C@@H]12. The van der Waals surface area contributed by atoms with Crippen molar-refractivity contribution in [1.29, 1.82) is 0 Å². The molecular weight excluding hydrogens is 540 g/mol. The van der Waals surface area contributed by atoms with Gasteiger partial charge < -0.3 is 15.8 Å². The summed E-state index contributed by atoms with van der Waals surface area (Å²) in [5.41, 5.74) is 7.51. The summed E-state index contributed by atoms with van der Waals surface area (Å²) in [5, 5.41) is 3.29. The molecule has 40 heavy (non-hydrogen) atoms. The molecule has 1 aromatic heterocycles. The van der Waals surface area contributed by atoms with Crippen LogP contribution in [-0.2, 0) is 14.3 Å². The minimum Gasteiger partial charge on any atom is -0.461 e. The third kappa shape index (κ3) is 5.42. The van der Waals surface area contributed by atoms with Gasteiger partial charge in [-0.05, 0) is 110 Å². The van der Waals surface area contributed by atoms with E-state index in [0.29, 0.717) is 41.9 Å². The third-order valence-electron chi connectivity index (χ3n) is 12.0. The Kier molecular flexibility index (Phi) is 8.82. The second-order valence-electron chi connectivity index (χ2n) is 14.0. The van der Waals surface area contributed by atoms with Crippen LogP contribution in [0.1, 0.15) is 103 Å². The number of nitrogens with two attached hydrogens (primary N) is 1. The van der Waals surface area contributed by atoms with Crippen molar-refractivity contribution in [3.63, 3.8) is 0 Å². The first kappa shape index (κ1) is 30.1. The number of fused-ring (bicyclic) bond motifs is 5. The van der Waals surface area contributed by atoms with Crippen molar-refractivity contribution < 1.29 is 14.3 Å². The van der Waals surface area contributed by atoms with Gasteiger partial charge in [0.1, 0.15) is 6.10 Å². The smallest absolute Gasteiger partial charge is 0.319 e. The Hall–Kier alpha value is -1.37. The zero-order chi connectivity index (χ0) is 28.8. The molecule has 0 saturated heterocycles.